The van der Waals surface area contributed by atoms with Gasteiger partial charge in [0, 0.05) is 30.5 Å². The van der Waals surface area contributed by atoms with Crippen LogP contribution in [0.4, 0.5) is 5.95 Å². The number of nitrogens with one attached hydrogen (secondary N) is 1. The van der Waals surface area contributed by atoms with Gasteiger partial charge < -0.3 is 9.88 Å². The van der Waals surface area contributed by atoms with E-state index in [-0.39, 0.29) is 0 Å². The van der Waals surface area contributed by atoms with Gasteiger partial charge in [0.25, 0.3) is 0 Å². The second kappa shape index (κ2) is 4.82. The molecule has 0 amide bonds. The van der Waals surface area contributed by atoms with Crippen LogP contribution >= 0.6 is 15.9 Å². The number of hydrogen-bond donors (Lipinski definition) is 1. The summed E-state index contributed by atoms with van der Waals surface area (Å²) in [4.78, 5) is 8.77. The van der Waals surface area contributed by atoms with Crippen molar-refractivity contribution in [1.29, 1.82) is 0 Å². The molecule has 0 saturated heterocycles. The van der Waals surface area contributed by atoms with Crippen LogP contribution in [0.2, 0.25) is 0 Å². The first-order chi connectivity index (χ1) is 7.72. The lowest BCUT2D eigenvalue weighted by molar-refractivity contribution is 0.826. The molecule has 0 aliphatic carbocycles. The number of hydrogen-bond acceptors (Lipinski definition) is 3. The minimum Gasteiger partial charge on any atom is -0.354 e. The van der Waals surface area contributed by atoms with Crippen LogP contribution in [-0.2, 0) is 7.05 Å². The van der Waals surface area contributed by atoms with Crippen LogP contribution in [-0.4, -0.2) is 21.1 Å². The Morgan fingerprint density at radius 1 is 1.50 bits per heavy atom. The Morgan fingerprint density at radius 3 is 3.06 bits per heavy atom. The Hall–Kier alpha value is -1.10. The third-order valence-electron chi connectivity index (χ3n) is 2.48. The normalized spacial score (nSPS) is 10.9. The molecule has 0 spiro atoms. The zero-order valence-electron chi connectivity index (χ0n) is 9.50. The van der Waals surface area contributed by atoms with Crippen molar-refractivity contribution in [1.82, 2.24) is 14.5 Å². The second-order valence-electron chi connectivity index (χ2n) is 3.80. The van der Waals surface area contributed by atoms with Crippen molar-refractivity contribution in [2.45, 2.75) is 19.8 Å². The molecule has 0 saturated carbocycles. The van der Waals surface area contributed by atoms with Crippen molar-refractivity contribution in [2.24, 2.45) is 7.05 Å². The molecular weight excluding hydrogens is 268 g/mol. The lowest BCUT2D eigenvalue weighted by Gasteiger charge is -2.03. The number of aryl methyl sites for hydroxylation is 1. The molecule has 0 aromatic carbocycles. The molecule has 2 rings (SSSR count). The molecule has 1 N–H and O–H groups in total. The van der Waals surface area contributed by atoms with Gasteiger partial charge in [0.1, 0.15) is 5.65 Å². The average Bonchev–Trinajstić information content (AvgIpc) is 2.55. The van der Waals surface area contributed by atoms with Crippen LogP contribution < -0.4 is 5.32 Å². The molecule has 0 aliphatic heterocycles. The molecule has 0 aliphatic rings. The maximum atomic E-state index is 4.48. The first kappa shape index (κ1) is 11.4. The van der Waals surface area contributed by atoms with Crippen molar-refractivity contribution in [2.75, 3.05) is 11.9 Å². The first-order valence-corrected chi connectivity index (χ1v) is 6.23. The predicted molar refractivity (Wildman–Crippen MR) is 69.6 cm³/mol. The van der Waals surface area contributed by atoms with E-state index in [1.165, 1.54) is 6.42 Å². The van der Waals surface area contributed by atoms with Crippen molar-refractivity contribution in [3.63, 3.8) is 0 Å². The van der Waals surface area contributed by atoms with Gasteiger partial charge in [0.2, 0.25) is 5.95 Å². The van der Waals surface area contributed by atoms with E-state index in [4.69, 9.17) is 0 Å². The lowest BCUT2D eigenvalue weighted by atomic mass is 10.3. The maximum absolute atomic E-state index is 4.48. The Morgan fingerprint density at radius 2 is 2.31 bits per heavy atom. The summed E-state index contributed by atoms with van der Waals surface area (Å²) < 4.78 is 3.02. The molecule has 0 unspecified atom stereocenters. The van der Waals surface area contributed by atoms with Crippen LogP contribution in [0.15, 0.2) is 16.9 Å². The molecular formula is C11H15BrN4. The van der Waals surface area contributed by atoms with Crippen LogP contribution in [0, 0.1) is 0 Å². The number of rotatable bonds is 4. The van der Waals surface area contributed by atoms with E-state index in [9.17, 15) is 0 Å². The van der Waals surface area contributed by atoms with E-state index in [0.29, 0.717) is 5.95 Å². The molecule has 16 heavy (non-hydrogen) atoms. The topological polar surface area (TPSA) is 42.7 Å². The smallest absolute Gasteiger partial charge is 0.224 e. The number of unbranched alkanes of at least 4 members (excludes halogenated alkanes) is 1. The Labute approximate surface area is 103 Å². The van der Waals surface area contributed by atoms with Gasteiger partial charge in [-0.1, -0.05) is 13.3 Å². The SMILES string of the molecule is CCCCNc1ncc2c(Br)cn(C)c2n1. The van der Waals surface area contributed by atoms with Gasteiger partial charge in [0.05, 0.1) is 5.39 Å². The summed E-state index contributed by atoms with van der Waals surface area (Å²) in [5, 5.41) is 4.27. The molecule has 2 aromatic rings. The van der Waals surface area contributed by atoms with E-state index in [1.54, 1.807) is 0 Å². The van der Waals surface area contributed by atoms with E-state index < -0.39 is 0 Å². The minimum absolute atomic E-state index is 0.703. The number of fused-ring (bicyclic) bond motifs is 1. The molecule has 4 nitrogen and oxygen atoms in total. The highest BCUT2D eigenvalue weighted by molar-refractivity contribution is 9.10. The minimum atomic E-state index is 0.703. The standard InChI is InChI=1S/C11H15BrN4/c1-3-4-5-13-11-14-6-8-9(12)7-16(2)10(8)15-11/h6-7H,3-5H2,1-2H3,(H,13,14,15). The molecule has 2 aromatic heterocycles. The fourth-order valence-electron chi connectivity index (χ4n) is 1.57. The van der Waals surface area contributed by atoms with Gasteiger partial charge in [-0.25, -0.2) is 4.98 Å². The van der Waals surface area contributed by atoms with Crippen LogP contribution in [0.1, 0.15) is 19.8 Å². The van der Waals surface area contributed by atoms with Gasteiger partial charge in [-0.05, 0) is 22.4 Å². The summed E-state index contributed by atoms with van der Waals surface area (Å²) in [7, 11) is 1.98. The third kappa shape index (κ3) is 2.19. The zero-order chi connectivity index (χ0) is 11.5. The molecule has 0 atom stereocenters. The first-order valence-electron chi connectivity index (χ1n) is 5.44. The summed E-state index contributed by atoms with van der Waals surface area (Å²) in [5.74, 6) is 0.703. The van der Waals surface area contributed by atoms with E-state index >= 15 is 0 Å². The highest BCUT2D eigenvalue weighted by atomic mass is 79.9. The summed E-state index contributed by atoms with van der Waals surface area (Å²) in [6.07, 6.45) is 6.15. The molecule has 86 valence electrons. The number of halogens is 1. The van der Waals surface area contributed by atoms with Gasteiger partial charge >= 0.3 is 0 Å². The lowest BCUT2D eigenvalue weighted by Crippen LogP contribution is -2.05. The quantitative estimate of drug-likeness (QED) is 0.877. The van der Waals surface area contributed by atoms with Crippen molar-refractivity contribution in [3.05, 3.63) is 16.9 Å². The molecule has 5 heteroatoms. The number of aromatic nitrogens is 3. The molecule has 0 bridgehead atoms. The van der Waals surface area contributed by atoms with Gasteiger partial charge in [0.15, 0.2) is 0 Å². The molecule has 2 heterocycles. The average molecular weight is 283 g/mol. The maximum Gasteiger partial charge on any atom is 0.224 e. The zero-order valence-corrected chi connectivity index (χ0v) is 11.1. The summed E-state index contributed by atoms with van der Waals surface area (Å²) in [6, 6.07) is 0. The summed E-state index contributed by atoms with van der Waals surface area (Å²) in [5.41, 5.74) is 0.945. The van der Waals surface area contributed by atoms with Gasteiger partial charge in [-0.2, -0.15) is 4.98 Å². The fraction of sp³-hybridized carbons (Fsp3) is 0.455. The van der Waals surface area contributed by atoms with Crippen LogP contribution in [0.5, 0.6) is 0 Å². The Balaban J connectivity index is 2.25. The monoisotopic (exact) mass is 282 g/mol. The molecule has 0 radical (unpaired) electrons. The van der Waals surface area contributed by atoms with Crippen LogP contribution in [0.25, 0.3) is 11.0 Å². The van der Waals surface area contributed by atoms with Crippen molar-refractivity contribution < 1.29 is 0 Å². The summed E-state index contributed by atoms with van der Waals surface area (Å²) >= 11 is 3.48. The van der Waals surface area contributed by atoms with E-state index in [2.05, 4.69) is 38.1 Å². The number of anilines is 1. The largest absolute Gasteiger partial charge is 0.354 e. The number of nitrogens with zero attached hydrogens (tertiary/aromatic N) is 3. The van der Waals surface area contributed by atoms with Crippen molar-refractivity contribution in [3.8, 4) is 0 Å². The van der Waals surface area contributed by atoms with Gasteiger partial charge in [-0.15, -0.1) is 0 Å². The highest BCUT2D eigenvalue weighted by Crippen LogP contribution is 2.23. The molecule has 0 fully saturated rings. The predicted octanol–water partition coefficient (Wildman–Crippen LogP) is 2.94. The van der Waals surface area contributed by atoms with E-state index in [0.717, 1.165) is 28.5 Å². The van der Waals surface area contributed by atoms with Crippen molar-refractivity contribution >= 4 is 32.9 Å². The highest BCUT2D eigenvalue weighted by Gasteiger charge is 2.06. The van der Waals surface area contributed by atoms with E-state index in [1.807, 2.05) is 24.0 Å². The third-order valence-corrected chi connectivity index (χ3v) is 3.11. The van der Waals surface area contributed by atoms with Gasteiger partial charge in [-0.3, -0.25) is 0 Å². The summed E-state index contributed by atoms with van der Waals surface area (Å²) in [6.45, 7) is 3.09. The fourth-order valence-corrected chi connectivity index (χ4v) is 2.16. The van der Waals surface area contributed by atoms with Crippen LogP contribution in [0.3, 0.4) is 0 Å². The second-order valence-corrected chi connectivity index (χ2v) is 4.65. The Bertz CT molecular complexity index is 492. The Kier molecular flexibility index (Phi) is 3.43.